The Hall–Kier alpha value is -0.520. The molecule has 1 aliphatic rings. The van der Waals surface area contributed by atoms with Crippen molar-refractivity contribution >= 4 is 34.2 Å². The number of nitrogens with zero attached hydrogens (tertiary/aromatic N) is 1. The van der Waals surface area contributed by atoms with E-state index in [0.29, 0.717) is 5.76 Å². The quantitative estimate of drug-likeness (QED) is 0.862. The maximum Gasteiger partial charge on any atom is 0.290 e. The molecular formula is C10H14BrClN2O2. The van der Waals surface area contributed by atoms with Crippen molar-refractivity contribution in [3.05, 3.63) is 22.6 Å². The van der Waals surface area contributed by atoms with Gasteiger partial charge >= 0.3 is 0 Å². The average Bonchev–Trinajstić information content (AvgIpc) is 2.53. The predicted octanol–water partition coefficient (Wildman–Crippen LogP) is 1.90. The van der Waals surface area contributed by atoms with Gasteiger partial charge < -0.3 is 14.6 Å². The van der Waals surface area contributed by atoms with Gasteiger partial charge in [0.1, 0.15) is 0 Å². The summed E-state index contributed by atoms with van der Waals surface area (Å²) in [5, 5.41) is 3.26. The molecule has 1 amide bonds. The van der Waals surface area contributed by atoms with Crippen LogP contribution in [0.15, 0.2) is 21.2 Å². The molecule has 1 saturated heterocycles. The summed E-state index contributed by atoms with van der Waals surface area (Å²) >= 11 is 3.30. The lowest BCUT2D eigenvalue weighted by Gasteiger charge is -2.18. The van der Waals surface area contributed by atoms with Gasteiger partial charge in [0.25, 0.3) is 5.91 Å². The predicted molar refractivity (Wildman–Crippen MR) is 67.0 cm³/mol. The summed E-state index contributed by atoms with van der Waals surface area (Å²) in [7, 11) is 0. The summed E-state index contributed by atoms with van der Waals surface area (Å²) in [6.07, 6.45) is 2.51. The van der Waals surface area contributed by atoms with Crippen LogP contribution in [0.5, 0.6) is 0 Å². The van der Waals surface area contributed by atoms with Gasteiger partial charge in [-0.05, 0) is 35.0 Å². The maximum absolute atomic E-state index is 12.0. The zero-order chi connectivity index (χ0) is 10.7. The van der Waals surface area contributed by atoms with E-state index in [9.17, 15) is 4.79 Å². The van der Waals surface area contributed by atoms with Crippen LogP contribution < -0.4 is 5.32 Å². The second-order valence-corrected chi connectivity index (χ2v) is 4.35. The van der Waals surface area contributed by atoms with E-state index in [4.69, 9.17) is 4.42 Å². The van der Waals surface area contributed by atoms with Gasteiger partial charge in [0.05, 0.1) is 10.7 Å². The number of hydrogen-bond acceptors (Lipinski definition) is 3. The molecule has 0 bridgehead atoms. The summed E-state index contributed by atoms with van der Waals surface area (Å²) < 4.78 is 5.89. The van der Waals surface area contributed by atoms with E-state index in [1.807, 2.05) is 4.90 Å². The highest BCUT2D eigenvalue weighted by molar-refractivity contribution is 9.10. The minimum Gasteiger partial charge on any atom is -0.458 e. The standard InChI is InChI=1S/C10H13BrN2O2.ClH/c11-8-2-7-15-9(8)10(14)13-5-1-3-12-4-6-13;/h2,7,12H,1,3-6H2;1H. The van der Waals surface area contributed by atoms with Gasteiger partial charge in [-0.1, -0.05) is 0 Å². The third kappa shape index (κ3) is 2.99. The first-order chi connectivity index (χ1) is 7.29. The maximum atomic E-state index is 12.0. The van der Waals surface area contributed by atoms with E-state index >= 15 is 0 Å². The highest BCUT2D eigenvalue weighted by Crippen LogP contribution is 2.19. The number of amides is 1. The van der Waals surface area contributed by atoms with E-state index in [2.05, 4.69) is 21.2 Å². The highest BCUT2D eigenvalue weighted by atomic mass is 79.9. The number of halogens is 2. The first-order valence-electron chi connectivity index (χ1n) is 5.02. The molecule has 0 spiro atoms. The van der Waals surface area contributed by atoms with E-state index in [1.165, 1.54) is 6.26 Å². The van der Waals surface area contributed by atoms with E-state index in [1.54, 1.807) is 6.07 Å². The van der Waals surface area contributed by atoms with Crippen LogP contribution in [0, 0.1) is 0 Å². The Bertz CT molecular complexity index is 348. The Labute approximate surface area is 109 Å². The molecule has 6 heteroatoms. The molecule has 1 aromatic heterocycles. The molecule has 0 atom stereocenters. The number of carbonyl (C=O) groups excluding carboxylic acids is 1. The Balaban J connectivity index is 0.00000128. The van der Waals surface area contributed by atoms with Crippen molar-refractivity contribution in [1.82, 2.24) is 10.2 Å². The Morgan fingerprint density at radius 1 is 1.44 bits per heavy atom. The number of rotatable bonds is 1. The van der Waals surface area contributed by atoms with Crippen LogP contribution in [0.2, 0.25) is 0 Å². The zero-order valence-corrected chi connectivity index (χ0v) is 11.1. The smallest absolute Gasteiger partial charge is 0.290 e. The van der Waals surface area contributed by atoms with Gasteiger partial charge in [0.15, 0.2) is 0 Å². The molecule has 1 aromatic rings. The lowest BCUT2D eigenvalue weighted by Crippen LogP contribution is -2.34. The first-order valence-corrected chi connectivity index (χ1v) is 5.81. The summed E-state index contributed by atoms with van der Waals surface area (Å²) in [6, 6.07) is 1.74. The summed E-state index contributed by atoms with van der Waals surface area (Å²) in [5.74, 6) is 0.368. The Morgan fingerprint density at radius 3 is 2.94 bits per heavy atom. The van der Waals surface area contributed by atoms with Crippen LogP contribution in [0.1, 0.15) is 17.0 Å². The lowest BCUT2D eigenvalue weighted by atomic mass is 10.3. The van der Waals surface area contributed by atoms with Crippen molar-refractivity contribution in [2.45, 2.75) is 6.42 Å². The van der Waals surface area contributed by atoms with Gasteiger partial charge in [-0.25, -0.2) is 0 Å². The summed E-state index contributed by atoms with van der Waals surface area (Å²) in [5.41, 5.74) is 0. The van der Waals surface area contributed by atoms with E-state index < -0.39 is 0 Å². The SMILES string of the molecule is Cl.O=C(c1occc1Br)N1CCCNCC1. The van der Waals surface area contributed by atoms with Crippen LogP contribution in [0.25, 0.3) is 0 Å². The van der Waals surface area contributed by atoms with E-state index in [0.717, 1.165) is 37.1 Å². The second-order valence-electron chi connectivity index (χ2n) is 3.49. The Morgan fingerprint density at radius 2 is 2.25 bits per heavy atom. The normalized spacial score (nSPS) is 16.4. The summed E-state index contributed by atoms with van der Waals surface area (Å²) in [4.78, 5) is 13.8. The van der Waals surface area contributed by atoms with Crippen molar-refractivity contribution in [1.29, 1.82) is 0 Å². The lowest BCUT2D eigenvalue weighted by molar-refractivity contribution is 0.0733. The third-order valence-corrected chi connectivity index (χ3v) is 3.06. The fourth-order valence-electron chi connectivity index (χ4n) is 1.64. The van der Waals surface area contributed by atoms with Crippen molar-refractivity contribution in [2.75, 3.05) is 26.2 Å². The third-order valence-electron chi connectivity index (χ3n) is 2.44. The molecule has 0 saturated carbocycles. The number of furan rings is 1. The van der Waals surface area contributed by atoms with Gasteiger partial charge in [-0.2, -0.15) is 0 Å². The van der Waals surface area contributed by atoms with Gasteiger partial charge in [0, 0.05) is 19.6 Å². The van der Waals surface area contributed by atoms with Crippen LogP contribution in [0.3, 0.4) is 0 Å². The van der Waals surface area contributed by atoms with Gasteiger partial charge in [0.2, 0.25) is 5.76 Å². The fourth-order valence-corrected chi connectivity index (χ4v) is 2.01. The molecule has 1 N–H and O–H groups in total. The second kappa shape index (κ2) is 6.27. The van der Waals surface area contributed by atoms with Crippen molar-refractivity contribution in [2.24, 2.45) is 0 Å². The van der Waals surface area contributed by atoms with Crippen molar-refractivity contribution < 1.29 is 9.21 Å². The molecule has 16 heavy (non-hydrogen) atoms. The molecule has 0 aliphatic carbocycles. The van der Waals surface area contributed by atoms with Gasteiger partial charge in [-0.3, -0.25) is 4.79 Å². The molecule has 2 rings (SSSR count). The van der Waals surface area contributed by atoms with Crippen LogP contribution in [-0.2, 0) is 0 Å². The molecule has 0 aromatic carbocycles. The number of carbonyl (C=O) groups is 1. The molecule has 90 valence electrons. The largest absolute Gasteiger partial charge is 0.458 e. The van der Waals surface area contributed by atoms with E-state index in [-0.39, 0.29) is 18.3 Å². The van der Waals surface area contributed by atoms with Gasteiger partial charge in [-0.15, -0.1) is 12.4 Å². The van der Waals surface area contributed by atoms with Crippen LogP contribution in [0.4, 0.5) is 0 Å². The molecule has 2 heterocycles. The molecular weight excluding hydrogens is 295 g/mol. The summed E-state index contributed by atoms with van der Waals surface area (Å²) in [6.45, 7) is 3.36. The highest BCUT2D eigenvalue weighted by Gasteiger charge is 2.21. The molecule has 0 radical (unpaired) electrons. The average molecular weight is 310 g/mol. The molecule has 0 unspecified atom stereocenters. The monoisotopic (exact) mass is 308 g/mol. The molecule has 1 aliphatic heterocycles. The number of hydrogen-bond donors (Lipinski definition) is 1. The minimum absolute atomic E-state index is 0. The minimum atomic E-state index is -0.0319. The fraction of sp³-hybridized carbons (Fsp3) is 0.500. The van der Waals surface area contributed by atoms with Crippen molar-refractivity contribution in [3.8, 4) is 0 Å². The first kappa shape index (κ1) is 13.5. The molecule has 4 nitrogen and oxygen atoms in total. The van der Waals surface area contributed by atoms with Crippen LogP contribution >= 0.6 is 28.3 Å². The molecule has 1 fully saturated rings. The van der Waals surface area contributed by atoms with Crippen LogP contribution in [-0.4, -0.2) is 37.0 Å². The topological polar surface area (TPSA) is 45.5 Å². The Kier molecular flexibility index (Phi) is 5.31. The van der Waals surface area contributed by atoms with Crippen molar-refractivity contribution in [3.63, 3.8) is 0 Å². The zero-order valence-electron chi connectivity index (χ0n) is 8.74. The number of nitrogens with one attached hydrogen (secondary N) is 1.